The molecule has 27 heavy (non-hydrogen) atoms. The number of hydrogen-bond donors (Lipinski definition) is 2. The van der Waals surface area contributed by atoms with Gasteiger partial charge in [0.2, 0.25) is 5.78 Å². The Morgan fingerprint density at radius 3 is 2.81 bits per heavy atom. The van der Waals surface area contributed by atoms with Gasteiger partial charge in [-0.1, -0.05) is 31.5 Å². The van der Waals surface area contributed by atoms with E-state index in [2.05, 4.69) is 34.2 Å². The number of nitrogens with zero attached hydrogens (tertiary/aromatic N) is 4. The maximum atomic E-state index is 11.6. The molecule has 2 N–H and O–H groups in total. The smallest absolute Gasteiger partial charge is 0.201 e. The largest absolute Gasteiger partial charge is 0.506 e. The number of anilines is 1. The molecule has 2 heterocycles. The van der Waals surface area contributed by atoms with E-state index in [-0.39, 0.29) is 16.5 Å². The van der Waals surface area contributed by atoms with E-state index in [4.69, 9.17) is 11.6 Å². The summed E-state index contributed by atoms with van der Waals surface area (Å²) in [5.74, 6) is -0.0468. The van der Waals surface area contributed by atoms with Crippen molar-refractivity contribution in [2.45, 2.75) is 13.8 Å². The lowest BCUT2D eigenvalue weighted by atomic mass is 10.1. The third kappa shape index (κ3) is 4.20. The number of aliphatic hydroxyl groups is 1. The maximum Gasteiger partial charge on any atom is 0.201 e. The van der Waals surface area contributed by atoms with Gasteiger partial charge in [-0.3, -0.25) is 4.79 Å². The maximum absolute atomic E-state index is 11.6. The van der Waals surface area contributed by atoms with Gasteiger partial charge in [0.05, 0.1) is 10.5 Å². The standard InChI is InChI=1S/C19H22ClN5O2/c1-3-24(4-2)10-8-21-19-18(15-7-5-6-9-25(15)23-19)22-14-11-13(20)16(26)12-17(14)27/h5-7,9,11-12,27H,3-4,8,10H2,1-2H3,(H,21,23)/b22-14+. The molecule has 0 aromatic carbocycles. The van der Waals surface area contributed by atoms with E-state index in [1.165, 1.54) is 6.08 Å². The van der Waals surface area contributed by atoms with Crippen LogP contribution in [0.5, 0.6) is 0 Å². The molecule has 0 fully saturated rings. The minimum atomic E-state index is -0.439. The molecule has 2 aromatic heterocycles. The highest BCUT2D eigenvalue weighted by molar-refractivity contribution is 6.47. The van der Waals surface area contributed by atoms with Crippen molar-refractivity contribution >= 4 is 40.1 Å². The number of allylic oxidation sites excluding steroid dienone is 3. The lowest BCUT2D eigenvalue weighted by Crippen LogP contribution is -2.28. The molecular weight excluding hydrogens is 366 g/mol. The van der Waals surface area contributed by atoms with Crippen LogP contribution < -0.4 is 5.32 Å². The molecule has 1 aliphatic carbocycles. The van der Waals surface area contributed by atoms with Gasteiger partial charge in [-0.25, -0.2) is 9.51 Å². The van der Waals surface area contributed by atoms with Crippen molar-refractivity contribution in [3.8, 4) is 0 Å². The summed E-state index contributed by atoms with van der Waals surface area (Å²) < 4.78 is 1.72. The molecule has 0 amide bonds. The Labute approximate surface area is 162 Å². The van der Waals surface area contributed by atoms with Crippen molar-refractivity contribution in [1.29, 1.82) is 0 Å². The number of halogens is 1. The van der Waals surface area contributed by atoms with Crippen LogP contribution in [-0.4, -0.2) is 57.3 Å². The van der Waals surface area contributed by atoms with Crippen LogP contribution >= 0.6 is 11.6 Å². The van der Waals surface area contributed by atoms with Gasteiger partial charge < -0.3 is 15.3 Å². The molecular formula is C19H22ClN5O2. The third-order valence-electron chi connectivity index (χ3n) is 4.39. The second kappa shape index (κ2) is 8.37. The Bertz CT molecular complexity index is 941. The Kier molecular flexibility index (Phi) is 5.93. The zero-order chi connectivity index (χ0) is 19.4. The number of carbonyl (C=O) groups excluding carboxylic acids is 1. The van der Waals surface area contributed by atoms with Crippen LogP contribution in [-0.2, 0) is 4.79 Å². The second-order valence-electron chi connectivity index (χ2n) is 6.06. The zero-order valence-corrected chi connectivity index (χ0v) is 16.1. The first-order valence-corrected chi connectivity index (χ1v) is 9.26. The SMILES string of the molecule is CCN(CC)CCNc1nn2ccccc2c1/N=C1\C=C(Cl)C(=O)C=C1O. The molecule has 0 bridgehead atoms. The lowest BCUT2D eigenvalue weighted by Gasteiger charge is -2.17. The van der Waals surface area contributed by atoms with Crippen LogP contribution in [0, 0.1) is 0 Å². The number of likely N-dealkylation sites (N-methyl/N-ethyl adjacent to an activating group) is 1. The van der Waals surface area contributed by atoms with Gasteiger partial charge in [0.15, 0.2) is 5.82 Å². The number of nitrogens with one attached hydrogen (secondary N) is 1. The predicted octanol–water partition coefficient (Wildman–Crippen LogP) is 3.31. The fraction of sp³-hybridized carbons (Fsp3) is 0.316. The van der Waals surface area contributed by atoms with Crippen LogP contribution in [0.2, 0.25) is 0 Å². The topological polar surface area (TPSA) is 82.2 Å². The number of fused-ring (bicyclic) bond motifs is 1. The number of ketones is 1. The van der Waals surface area contributed by atoms with E-state index in [0.717, 1.165) is 31.2 Å². The highest BCUT2D eigenvalue weighted by atomic mass is 35.5. The monoisotopic (exact) mass is 387 g/mol. The van der Waals surface area contributed by atoms with Crippen molar-refractivity contribution in [3.05, 3.63) is 47.3 Å². The van der Waals surface area contributed by atoms with E-state index < -0.39 is 5.78 Å². The highest BCUT2D eigenvalue weighted by Crippen LogP contribution is 2.31. The van der Waals surface area contributed by atoms with Gasteiger partial charge in [0.1, 0.15) is 17.2 Å². The zero-order valence-electron chi connectivity index (χ0n) is 15.3. The summed E-state index contributed by atoms with van der Waals surface area (Å²) in [5.41, 5.74) is 1.59. The summed E-state index contributed by atoms with van der Waals surface area (Å²) in [6.45, 7) is 7.80. The Morgan fingerprint density at radius 1 is 1.30 bits per heavy atom. The fourth-order valence-corrected chi connectivity index (χ4v) is 2.99. The Morgan fingerprint density at radius 2 is 2.07 bits per heavy atom. The van der Waals surface area contributed by atoms with Gasteiger partial charge in [-0.05, 0) is 31.3 Å². The summed E-state index contributed by atoms with van der Waals surface area (Å²) in [5, 5.41) is 18.0. The number of hydrogen-bond acceptors (Lipinski definition) is 6. The minimum Gasteiger partial charge on any atom is -0.506 e. The van der Waals surface area contributed by atoms with Crippen LogP contribution in [0.1, 0.15) is 13.8 Å². The molecule has 0 radical (unpaired) electrons. The molecule has 7 nitrogen and oxygen atoms in total. The van der Waals surface area contributed by atoms with Crippen molar-refractivity contribution in [3.63, 3.8) is 0 Å². The first-order chi connectivity index (χ1) is 13.0. The summed E-state index contributed by atoms with van der Waals surface area (Å²) in [6, 6.07) is 5.66. The van der Waals surface area contributed by atoms with Crippen molar-refractivity contribution < 1.29 is 9.90 Å². The molecule has 0 unspecified atom stereocenters. The van der Waals surface area contributed by atoms with Crippen LogP contribution in [0.15, 0.2) is 52.3 Å². The normalized spacial score (nSPS) is 16.1. The molecule has 142 valence electrons. The lowest BCUT2D eigenvalue weighted by molar-refractivity contribution is -0.110. The second-order valence-corrected chi connectivity index (χ2v) is 6.47. The fourth-order valence-electron chi connectivity index (χ4n) is 2.83. The first kappa shape index (κ1) is 19.1. The molecule has 0 atom stereocenters. The van der Waals surface area contributed by atoms with E-state index in [0.29, 0.717) is 18.1 Å². The summed E-state index contributed by atoms with van der Waals surface area (Å²) in [6.07, 6.45) is 4.27. The van der Waals surface area contributed by atoms with Crippen molar-refractivity contribution in [1.82, 2.24) is 14.5 Å². The summed E-state index contributed by atoms with van der Waals surface area (Å²) in [7, 11) is 0. The van der Waals surface area contributed by atoms with Crippen LogP contribution in [0.4, 0.5) is 11.5 Å². The van der Waals surface area contributed by atoms with E-state index in [9.17, 15) is 9.90 Å². The first-order valence-electron chi connectivity index (χ1n) is 8.88. The molecule has 0 aliphatic heterocycles. The predicted molar refractivity (Wildman–Crippen MR) is 108 cm³/mol. The molecule has 2 aromatic rings. The number of pyridine rings is 1. The number of rotatable bonds is 7. The van der Waals surface area contributed by atoms with E-state index >= 15 is 0 Å². The number of aromatic nitrogens is 2. The van der Waals surface area contributed by atoms with Crippen LogP contribution in [0.25, 0.3) is 5.52 Å². The van der Waals surface area contributed by atoms with Gasteiger partial charge in [0, 0.05) is 25.4 Å². The molecule has 0 saturated heterocycles. The van der Waals surface area contributed by atoms with Gasteiger partial charge in [0.25, 0.3) is 0 Å². The molecule has 0 saturated carbocycles. The summed E-state index contributed by atoms with van der Waals surface area (Å²) >= 11 is 5.91. The Balaban J connectivity index is 1.95. The Hall–Kier alpha value is -2.64. The number of carbonyl (C=O) groups is 1. The van der Waals surface area contributed by atoms with E-state index in [1.54, 1.807) is 4.52 Å². The average molecular weight is 388 g/mol. The molecule has 1 aliphatic rings. The third-order valence-corrected chi connectivity index (χ3v) is 4.69. The van der Waals surface area contributed by atoms with Crippen molar-refractivity contribution in [2.75, 3.05) is 31.5 Å². The number of aliphatic imine (C=N–C) groups is 1. The summed E-state index contributed by atoms with van der Waals surface area (Å²) in [4.78, 5) is 18.4. The highest BCUT2D eigenvalue weighted by Gasteiger charge is 2.19. The van der Waals surface area contributed by atoms with Gasteiger partial charge in [-0.2, -0.15) is 0 Å². The molecule has 3 rings (SSSR count). The average Bonchev–Trinajstić information content (AvgIpc) is 3.01. The quantitative estimate of drug-likeness (QED) is 0.712. The number of aliphatic hydroxyl groups excluding tert-OH is 1. The van der Waals surface area contributed by atoms with Gasteiger partial charge in [-0.15, -0.1) is 5.10 Å². The molecule has 8 heteroatoms. The van der Waals surface area contributed by atoms with Gasteiger partial charge >= 0.3 is 0 Å². The van der Waals surface area contributed by atoms with Crippen molar-refractivity contribution in [2.24, 2.45) is 4.99 Å². The minimum absolute atomic E-state index is 0.0130. The van der Waals surface area contributed by atoms with Crippen LogP contribution in [0.3, 0.4) is 0 Å². The molecule has 0 spiro atoms. The van der Waals surface area contributed by atoms with E-state index in [1.807, 2.05) is 24.4 Å².